The molecule has 0 saturated heterocycles. The van der Waals surface area contributed by atoms with Gasteiger partial charge < -0.3 is 4.74 Å². The number of nitrogens with zero attached hydrogens (tertiary/aromatic N) is 1. The quantitative estimate of drug-likeness (QED) is 0.588. The zero-order valence-corrected chi connectivity index (χ0v) is 12.6. The van der Waals surface area contributed by atoms with E-state index in [1.807, 2.05) is 18.3 Å². The second-order valence-electron chi connectivity index (χ2n) is 6.23. The maximum absolute atomic E-state index is 5.63. The molecule has 1 aromatic rings. The minimum atomic E-state index is 0.303. The lowest BCUT2D eigenvalue weighted by molar-refractivity contribution is 0.342. The molecule has 0 aliphatic heterocycles. The number of rotatable bonds is 7. The van der Waals surface area contributed by atoms with E-state index in [1.54, 1.807) is 7.11 Å². The first-order valence-corrected chi connectivity index (χ1v) is 6.89. The molecule has 0 aliphatic rings. The van der Waals surface area contributed by atoms with E-state index in [-0.39, 0.29) is 0 Å². The van der Waals surface area contributed by atoms with Crippen molar-refractivity contribution in [2.45, 2.75) is 52.5 Å². The van der Waals surface area contributed by atoms with Crippen LogP contribution < -0.4 is 16.0 Å². The summed E-state index contributed by atoms with van der Waals surface area (Å²) < 4.78 is 5.05. The van der Waals surface area contributed by atoms with E-state index in [2.05, 4.69) is 31.2 Å². The molecule has 1 rings (SSSR count). The van der Waals surface area contributed by atoms with E-state index < -0.39 is 0 Å². The molecule has 0 radical (unpaired) electrons. The average Bonchev–Trinajstić information content (AvgIpc) is 2.37. The highest BCUT2D eigenvalue weighted by molar-refractivity contribution is 5.18. The summed E-state index contributed by atoms with van der Waals surface area (Å²) in [7, 11) is 1.62. The van der Waals surface area contributed by atoms with Crippen LogP contribution in [-0.4, -0.2) is 18.1 Å². The van der Waals surface area contributed by atoms with Crippen molar-refractivity contribution in [2.75, 3.05) is 7.11 Å². The Morgan fingerprint density at radius 2 is 2.11 bits per heavy atom. The molecule has 3 N–H and O–H groups in total. The molecule has 0 fully saturated rings. The molecule has 0 aliphatic carbocycles. The summed E-state index contributed by atoms with van der Waals surface area (Å²) in [5, 5.41) is 0. The van der Waals surface area contributed by atoms with Crippen molar-refractivity contribution in [3.8, 4) is 5.88 Å². The normalized spacial score (nSPS) is 13.3. The lowest BCUT2D eigenvalue weighted by atomic mass is 9.88. The predicted molar refractivity (Wildman–Crippen MR) is 78.9 cm³/mol. The molecule has 108 valence electrons. The van der Waals surface area contributed by atoms with Gasteiger partial charge in [0.05, 0.1) is 7.11 Å². The zero-order chi connectivity index (χ0) is 14.3. The predicted octanol–water partition coefficient (Wildman–Crippen LogP) is 2.68. The number of ether oxygens (including phenoxy) is 1. The number of hydrogen-bond donors (Lipinski definition) is 2. The summed E-state index contributed by atoms with van der Waals surface area (Å²) in [5.74, 6) is 6.28. The highest BCUT2D eigenvalue weighted by Crippen LogP contribution is 2.22. The van der Waals surface area contributed by atoms with Crippen LogP contribution in [0, 0.1) is 5.41 Å². The van der Waals surface area contributed by atoms with E-state index in [4.69, 9.17) is 10.6 Å². The summed E-state index contributed by atoms with van der Waals surface area (Å²) in [6, 6.07) is 4.23. The Balaban J connectivity index is 2.42. The van der Waals surface area contributed by atoms with Gasteiger partial charge in [-0.3, -0.25) is 11.3 Å². The van der Waals surface area contributed by atoms with Crippen molar-refractivity contribution < 1.29 is 4.74 Å². The van der Waals surface area contributed by atoms with Gasteiger partial charge in [-0.25, -0.2) is 4.98 Å². The highest BCUT2D eigenvalue weighted by Gasteiger charge is 2.13. The van der Waals surface area contributed by atoms with Gasteiger partial charge in [0.2, 0.25) is 5.88 Å². The minimum Gasteiger partial charge on any atom is -0.481 e. The molecule has 1 unspecified atom stereocenters. The smallest absolute Gasteiger partial charge is 0.212 e. The summed E-state index contributed by atoms with van der Waals surface area (Å²) in [6.07, 6.45) is 6.23. The van der Waals surface area contributed by atoms with Crippen molar-refractivity contribution >= 4 is 0 Å². The Morgan fingerprint density at radius 3 is 2.58 bits per heavy atom. The van der Waals surface area contributed by atoms with Crippen LogP contribution in [0.4, 0.5) is 0 Å². The van der Waals surface area contributed by atoms with Crippen molar-refractivity contribution in [1.29, 1.82) is 0 Å². The Kier molecular flexibility index (Phi) is 6.25. The molecule has 0 amide bonds. The van der Waals surface area contributed by atoms with Crippen LogP contribution in [0.2, 0.25) is 0 Å². The first-order valence-electron chi connectivity index (χ1n) is 6.89. The van der Waals surface area contributed by atoms with Crippen LogP contribution in [0.3, 0.4) is 0 Å². The van der Waals surface area contributed by atoms with Gasteiger partial charge in [0.1, 0.15) is 0 Å². The number of hydrogen-bond acceptors (Lipinski definition) is 4. The number of methoxy groups -OCH3 is 1. The minimum absolute atomic E-state index is 0.303. The molecule has 4 heteroatoms. The Hall–Kier alpha value is -1.13. The number of nitrogens with two attached hydrogens (primary N) is 1. The molecule has 0 saturated carbocycles. The number of nitrogens with one attached hydrogen (secondary N) is 1. The standard InChI is InChI=1S/C15H27N3O/c1-15(2,3)9-5-6-13(18-16)10-12-7-8-14(19-4)17-11-12/h7-8,11,13,18H,5-6,9-10,16H2,1-4H3. The fourth-order valence-electron chi connectivity index (χ4n) is 2.06. The van der Waals surface area contributed by atoms with E-state index in [1.165, 1.54) is 18.4 Å². The van der Waals surface area contributed by atoms with Gasteiger partial charge in [-0.15, -0.1) is 0 Å². The van der Waals surface area contributed by atoms with E-state index in [0.717, 1.165) is 12.8 Å². The molecule has 0 bridgehead atoms. The largest absolute Gasteiger partial charge is 0.481 e. The third kappa shape index (κ3) is 6.55. The third-order valence-electron chi connectivity index (χ3n) is 3.20. The lowest BCUT2D eigenvalue weighted by Crippen LogP contribution is -2.36. The Labute approximate surface area is 116 Å². The number of hydrazine groups is 1. The van der Waals surface area contributed by atoms with Gasteiger partial charge in [0, 0.05) is 18.3 Å². The van der Waals surface area contributed by atoms with Crippen molar-refractivity contribution in [3.63, 3.8) is 0 Å². The molecule has 0 spiro atoms. The van der Waals surface area contributed by atoms with Gasteiger partial charge in [0.25, 0.3) is 0 Å². The molecule has 4 nitrogen and oxygen atoms in total. The molecule has 1 aromatic heterocycles. The van der Waals surface area contributed by atoms with E-state index >= 15 is 0 Å². The maximum Gasteiger partial charge on any atom is 0.212 e. The van der Waals surface area contributed by atoms with Gasteiger partial charge in [-0.2, -0.15) is 0 Å². The van der Waals surface area contributed by atoms with Crippen LogP contribution in [0.25, 0.3) is 0 Å². The number of pyridine rings is 1. The van der Waals surface area contributed by atoms with E-state index in [0.29, 0.717) is 17.3 Å². The summed E-state index contributed by atoms with van der Waals surface area (Å²) in [5.41, 5.74) is 4.48. The first kappa shape index (κ1) is 15.9. The van der Waals surface area contributed by atoms with Crippen LogP contribution in [0.1, 0.15) is 45.6 Å². The molecular weight excluding hydrogens is 238 g/mol. The van der Waals surface area contributed by atoms with Gasteiger partial charge in [0.15, 0.2) is 0 Å². The average molecular weight is 265 g/mol. The summed E-state index contributed by atoms with van der Waals surface area (Å²) >= 11 is 0. The van der Waals surface area contributed by atoms with Crippen LogP contribution in [-0.2, 0) is 6.42 Å². The van der Waals surface area contributed by atoms with E-state index in [9.17, 15) is 0 Å². The Bertz CT molecular complexity index is 357. The van der Waals surface area contributed by atoms with Gasteiger partial charge in [-0.05, 0) is 30.2 Å². The summed E-state index contributed by atoms with van der Waals surface area (Å²) in [4.78, 5) is 4.21. The second-order valence-corrected chi connectivity index (χ2v) is 6.23. The summed E-state index contributed by atoms with van der Waals surface area (Å²) in [6.45, 7) is 6.81. The number of aromatic nitrogens is 1. The maximum atomic E-state index is 5.63. The third-order valence-corrected chi connectivity index (χ3v) is 3.20. The molecule has 0 aromatic carbocycles. The fraction of sp³-hybridized carbons (Fsp3) is 0.667. The lowest BCUT2D eigenvalue weighted by Gasteiger charge is -2.21. The fourth-order valence-corrected chi connectivity index (χ4v) is 2.06. The Morgan fingerprint density at radius 1 is 1.37 bits per heavy atom. The SMILES string of the molecule is COc1ccc(CC(CCCC(C)(C)C)NN)cn1. The monoisotopic (exact) mass is 265 g/mol. The second kappa shape index (κ2) is 7.46. The van der Waals surface area contributed by atoms with Gasteiger partial charge in [-0.1, -0.05) is 33.3 Å². The zero-order valence-electron chi connectivity index (χ0n) is 12.6. The van der Waals surface area contributed by atoms with Crippen molar-refractivity contribution in [1.82, 2.24) is 10.4 Å². The topological polar surface area (TPSA) is 60.2 Å². The molecule has 19 heavy (non-hydrogen) atoms. The molecule has 1 atom stereocenters. The first-order chi connectivity index (χ1) is 8.94. The highest BCUT2D eigenvalue weighted by atomic mass is 16.5. The molecule has 1 heterocycles. The van der Waals surface area contributed by atoms with Crippen LogP contribution in [0.5, 0.6) is 5.88 Å². The van der Waals surface area contributed by atoms with Crippen LogP contribution in [0.15, 0.2) is 18.3 Å². The van der Waals surface area contributed by atoms with Crippen molar-refractivity contribution in [3.05, 3.63) is 23.9 Å². The van der Waals surface area contributed by atoms with Crippen molar-refractivity contribution in [2.24, 2.45) is 11.3 Å². The van der Waals surface area contributed by atoms with Crippen LogP contribution >= 0.6 is 0 Å². The van der Waals surface area contributed by atoms with Gasteiger partial charge >= 0.3 is 0 Å². The molecular formula is C15H27N3O.